The fourth-order valence-corrected chi connectivity index (χ4v) is 3.06. The highest BCUT2D eigenvalue weighted by molar-refractivity contribution is 5.73. The second kappa shape index (κ2) is 8.78. The first-order valence-electron chi connectivity index (χ1n) is 8.81. The molecule has 0 heteroatoms. The molecule has 0 saturated heterocycles. The summed E-state index contributed by atoms with van der Waals surface area (Å²) in [6, 6.07) is 6.47. The van der Waals surface area contributed by atoms with Crippen molar-refractivity contribution < 1.29 is 0 Å². The van der Waals surface area contributed by atoms with E-state index in [1.165, 1.54) is 24.8 Å². The largest absolute Gasteiger partial charge is 0.115 e. The van der Waals surface area contributed by atoms with Crippen molar-refractivity contribution in [2.45, 2.75) is 60.3 Å². The fourth-order valence-electron chi connectivity index (χ4n) is 3.06. The van der Waals surface area contributed by atoms with Gasteiger partial charge in [-0.2, -0.15) is 0 Å². The van der Waals surface area contributed by atoms with Crippen LogP contribution in [0.4, 0.5) is 0 Å². The molecule has 0 N–H and O–H groups in total. The first kappa shape index (κ1) is 19.3. The van der Waals surface area contributed by atoms with Crippen LogP contribution in [0, 0.1) is 23.7 Å². The van der Waals surface area contributed by atoms with Crippen molar-refractivity contribution in [3.8, 4) is 12.3 Å². The van der Waals surface area contributed by atoms with E-state index in [2.05, 4.69) is 58.4 Å². The molecule has 0 aromatic heterocycles. The molecular weight excluding hydrogens is 276 g/mol. The highest BCUT2D eigenvalue weighted by atomic mass is 14.3. The Hall–Kier alpha value is -1.74. The van der Waals surface area contributed by atoms with Gasteiger partial charge in [0.2, 0.25) is 0 Å². The molecule has 1 aromatic carbocycles. The van der Waals surface area contributed by atoms with Crippen molar-refractivity contribution in [2.75, 3.05) is 0 Å². The molecule has 23 heavy (non-hydrogen) atoms. The summed E-state index contributed by atoms with van der Waals surface area (Å²) in [5.74, 6) is 3.55. The predicted octanol–water partition coefficient (Wildman–Crippen LogP) is 6.65. The minimum atomic E-state index is 0.342. The highest BCUT2D eigenvalue weighted by Gasteiger charge is 2.27. The second-order valence-electron chi connectivity index (χ2n) is 7.07. The Kier molecular flexibility index (Phi) is 7.37. The molecule has 0 heterocycles. The number of allylic oxidation sites excluding steroid dienone is 3. The summed E-state index contributed by atoms with van der Waals surface area (Å²) in [4.78, 5) is 0. The number of rotatable bonds is 8. The highest BCUT2D eigenvalue weighted by Crippen LogP contribution is 2.37. The van der Waals surface area contributed by atoms with Gasteiger partial charge in [0.1, 0.15) is 0 Å². The van der Waals surface area contributed by atoms with Crippen molar-refractivity contribution in [2.24, 2.45) is 11.3 Å². The van der Waals surface area contributed by atoms with E-state index >= 15 is 0 Å². The zero-order valence-electron chi connectivity index (χ0n) is 15.6. The Labute approximate surface area is 143 Å². The van der Waals surface area contributed by atoms with Gasteiger partial charge >= 0.3 is 0 Å². The number of benzene rings is 1. The average molecular weight is 309 g/mol. The number of hydrogen-bond donors (Lipinski definition) is 0. The van der Waals surface area contributed by atoms with E-state index in [4.69, 9.17) is 6.42 Å². The third kappa shape index (κ3) is 5.14. The quantitative estimate of drug-likeness (QED) is 0.372. The summed E-state index contributed by atoms with van der Waals surface area (Å²) in [6.07, 6.45) is 14.5. The summed E-state index contributed by atoms with van der Waals surface area (Å²) < 4.78 is 0. The molecule has 124 valence electrons. The summed E-state index contributed by atoms with van der Waals surface area (Å²) >= 11 is 0. The lowest BCUT2D eigenvalue weighted by Gasteiger charge is -2.34. The molecule has 0 fully saturated rings. The van der Waals surface area contributed by atoms with Gasteiger partial charge < -0.3 is 0 Å². The van der Waals surface area contributed by atoms with Crippen molar-refractivity contribution in [1.82, 2.24) is 0 Å². The SMILES string of the molecule is C#Cc1cc(C(=C)/C=C\C)ccc1CC(CCC)C(C)(C)CC. The third-order valence-electron chi connectivity index (χ3n) is 5.12. The topological polar surface area (TPSA) is 0 Å². The molecule has 1 unspecified atom stereocenters. The van der Waals surface area contributed by atoms with Gasteiger partial charge in [-0.1, -0.05) is 77.3 Å². The molecule has 0 bridgehead atoms. The summed E-state index contributed by atoms with van der Waals surface area (Å²) in [6.45, 7) is 15.4. The maximum absolute atomic E-state index is 5.79. The molecule has 1 rings (SSSR count). The van der Waals surface area contributed by atoms with Crippen LogP contribution in [-0.4, -0.2) is 0 Å². The van der Waals surface area contributed by atoms with Crippen LogP contribution in [0.15, 0.2) is 36.9 Å². The van der Waals surface area contributed by atoms with E-state index in [0.29, 0.717) is 11.3 Å². The van der Waals surface area contributed by atoms with E-state index in [9.17, 15) is 0 Å². The Morgan fingerprint density at radius 2 is 2.04 bits per heavy atom. The standard InChI is InChI=1S/C23H32/c1-8-12-18(5)20-14-15-21(19(10-3)16-20)17-22(13-9-2)23(6,7)11-4/h3,8,12,14-16,22H,5,9,11,13,17H2,1-2,4,6-7H3/b12-8-. The normalized spacial score (nSPS) is 13.0. The van der Waals surface area contributed by atoms with Crippen LogP contribution >= 0.6 is 0 Å². The minimum Gasteiger partial charge on any atom is -0.115 e. The van der Waals surface area contributed by atoms with E-state index in [1.807, 2.05) is 19.1 Å². The second-order valence-corrected chi connectivity index (χ2v) is 7.07. The molecule has 0 saturated carbocycles. The van der Waals surface area contributed by atoms with Crippen LogP contribution in [0.5, 0.6) is 0 Å². The Bertz CT molecular complexity index is 593. The van der Waals surface area contributed by atoms with Gasteiger partial charge in [-0.3, -0.25) is 0 Å². The van der Waals surface area contributed by atoms with Gasteiger partial charge in [-0.05, 0) is 53.9 Å². The van der Waals surface area contributed by atoms with Gasteiger partial charge in [0.25, 0.3) is 0 Å². The van der Waals surface area contributed by atoms with Crippen LogP contribution in [0.3, 0.4) is 0 Å². The van der Waals surface area contributed by atoms with Crippen molar-refractivity contribution in [1.29, 1.82) is 0 Å². The fraction of sp³-hybridized carbons (Fsp3) is 0.478. The van der Waals surface area contributed by atoms with Crippen LogP contribution < -0.4 is 0 Å². The zero-order valence-corrected chi connectivity index (χ0v) is 15.6. The van der Waals surface area contributed by atoms with Gasteiger partial charge in [-0.15, -0.1) is 6.42 Å². The lowest BCUT2D eigenvalue weighted by Crippen LogP contribution is -2.25. The molecule has 0 spiro atoms. The Morgan fingerprint density at radius 1 is 1.35 bits per heavy atom. The molecule has 0 aliphatic carbocycles. The number of hydrogen-bond acceptors (Lipinski definition) is 0. The summed E-state index contributed by atoms with van der Waals surface area (Å²) in [5, 5.41) is 0. The lowest BCUT2D eigenvalue weighted by atomic mass is 9.71. The van der Waals surface area contributed by atoms with Crippen molar-refractivity contribution >= 4 is 5.57 Å². The van der Waals surface area contributed by atoms with E-state index in [-0.39, 0.29) is 0 Å². The van der Waals surface area contributed by atoms with Crippen LogP contribution in [0.2, 0.25) is 0 Å². The third-order valence-corrected chi connectivity index (χ3v) is 5.12. The smallest absolute Gasteiger partial charge is 0.0280 e. The van der Waals surface area contributed by atoms with Crippen molar-refractivity contribution in [3.05, 3.63) is 53.6 Å². The van der Waals surface area contributed by atoms with Gasteiger partial charge in [0.15, 0.2) is 0 Å². The Balaban J connectivity index is 3.12. The maximum atomic E-state index is 5.79. The van der Waals surface area contributed by atoms with Crippen LogP contribution in [-0.2, 0) is 6.42 Å². The Morgan fingerprint density at radius 3 is 2.57 bits per heavy atom. The summed E-state index contributed by atoms with van der Waals surface area (Å²) in [5.41, 5.74) is 4.77. The molecule has 0 nitrogen and oxygen atoms in total. The van der Waals surface area contributed by atoms with Crippen LogP contribution in [0.25, 0.3) is 5.57 Å². The maximum Gasteiger partial charge on any atom is 0.0280 e. The average Bonchev–Trinajstić information content (AvgIpc) is 2.54. The molecule has 0 amide bonds. The molecule has 1 atom stereocenters. The van der Waals surface area contributed by atoms with Gasteiger partial charge in [0, 0.05) is 5.56 Å². The van der Waals surface area contributed by atoms with Crippen LogP contribution in [0.1, 0.15) is 70.6 Å². The minimum absolute atomic E-state index is 0.342. The van der Waals surface area contributed by atoms with Gasteiger partial charge in [0.05, 0.1) is 0 Å². The lowest BCUT2D eigenvalue weighted by molar-refractivity contribution is 0.188. The van der Waals surface area contributed by atoms with E-state index in [0.717, 1.165) is 23.1 Å². The summed E-state index contributed by atoms with van der Waals surface area (Å²) in [7, 11) is 0. The molecule has 0 aliphatic rings. The van der Waals surface area contributed by atoms with E-state index < -0.39 is 0 Å². The molecular formula is C23H32. The molecule has 0 aliphatic heterocycles. The zero-order chi connectivity index (χ0) is 17.5. The van der Waals surface area contributed by atoms with E-state index in [1.54, 1.807) is 0 Å². The monoisotopic (exact) mass is 308 g/mol. The first-order valence-corrected chi connectivity index (χ1v) is 8.81. The first-order chi connectivity index (χ1) is 10.9. The molecule has 1 aromatic rings. The van der Waals surface area contributed by atoms with Crippen molar-refractivity contribution in [3.63, 3.8) is 0 Å². The van der Waals surface area contributed by atoms with Gasteiger partial charge in [-0.25, -0.2) is 0 Å². The molecule has 0 radical (unpaired) electrons. The predicted molar refractivity (Wildman–Crippen MR) is 104 cm³/mol. The number of terminal acetylenes is 1.